The molecule has 1 aliphatic heterocycles. The summed E-state index contributed by atoms with van der Waals surface area (Å²) in [5, 5.41) is 2.93. The van der Waals surface area contributed by atoms with Gasteiger partial charge in [-0.25, -0.2) is 0 Å². The second kappa shape index (κ2) is 9.18. The van der Waals surface area contributed by atoms with Gasteiger partial charge in [-0.2, -0.15) is 0 Å². The van der Waals surface area contributed by atoms with Crippen LogP contribution in [-0.2, 0) is 17.8 Å². The molecule has 1 saturated heterocycles. The average molecular weight is 401 g/mol. The standard InChI is InChI=1S/C25H28N4O/c1-26-24(30)25(11-3-15-29(19-25)18-21-4-2-12-28-17-21)16-20-5-7-22(8-6-20)23-9-13-27-14-10-23/h2,4-10,12-14,17H,3,11,15-16,18-19H2,1H3,(H,26,30)/t25-/m1/s1. The molecule has 1 amide bonds. The molecule has 0 unspecified atom stereocenters. The molecular weight excluding hydrogens is 372 g/mol. The first-order chi connectivity index (χ1) is 14.7. The van der Waals surface area contributed by atoms with Crippen LogP contribution in [0.25, 0.3) is 11.1 Å². The van der Waals surface area contributed by atoms with E-state index in [2.05, 4.69) is 50.5 Å². The number of hydrogen-bond acceptors (Lipinski definition) is 4. The lowest BCUT2D eigenvalue weighted by Gasteiger charge is -2.41. The van der Waals surface area contributed by atoms with Gasteiger partial charge in [-0.15, -0.1) is 0 Å². The van der Waals surface area contributed by atoms with Gasteiger partial charge in [0.25, 0.3) is 0 Å². The van der Waals surface area contributed by atoms with E-state index in [0.717, 1.165) is 50.0 Å². The van der Waals surface area contributed by atoms with Gasteiger partial charge in [-0.3, -0.25) is 19.7 Å². The average Bonchev–Trinajstić information content (AvgIpc) is 2.80. The Morgan fingerprint density at radius 2 is 1.77 bits per heavy atom. The fraction of sp³-hybridized carbons (Fsp3) is 0.320. The Hall–Kier alpha value is -3.05. The Morgan fingerprint density at radius 1 is 1.00 bits per heavy atom. The zero-order valence-corrected chi connectivity index (χ0v) is 17.4. The summed E-state index contributed by atoms with van der Waals surface area (Å²) >= 11 is 0. The predicted molar refractivity (Wildman–Crippen MR) is 119 cm³/mol. The highest BCUT2D eigenvalue weighted by Gasteiger charge is 2.41. The summed E-state index contributed by atoms with van der Waals surface area (Å²) in [6.07, 6.45) is 9.99. The van der Waals surface area contributed by atoms with Crippen LogP contribution in [0.2, 0.25) is 0 Å². The molecular formula is C25H28N4O. The Morgan fingerprint density at radius 3 is 2.47 bits per heavy atom. The predicted octanol–water partition coefficient (Wildman–Crippen LogP) is 3.71. The minimum absolute atomic E-state index is 0.136. The molecule has 1 aromatic carbocycles. The first-order valence-corrected chi connectivity index (χ1v) is 10.5. The van der Waals surface area contributed by atoms with Gasteiger partial charge in [0.05, 0.1) is 5.41 Å². The van der Waals surface area contributed by atoms with E-state index < -0.39 is 5.41 Å². The van der Waals surface area contributed by atoms with Gasteiger partial charge in [-0.05, 0) is 66.3 Å². The molecule has 5 heteroatoms. The minimum Gasteiger partial charge on any atom is -0.359 e. The van der Waals surface area contributed by atoms with E-state index in [1.165, 1.54) is 11.1 Å². The lowest BCUT2D eigenvalue weighted by atomic mass is 9.74. The molecule has 154 valence electrons. The summed E-state index contributed by atoms with van der Waals surface area (Å²) in [4.78, 5) is 23.7. The molecule has 3 heterocycles. The lowest BCUT2D eigenvalue weighted by molar-refractivity contribution is -0.134. The van der Waals surface area contributed by atoms with Crippen LogP contribution in [0.4, 0.5) is 0 Å². The van der Waals surface area contributed by atoms with E-state index in [-0.39, 0.29) is 5.91 Å². The highest BCUT2D eigenvalue weighted by atomic mass is 16.2. The van der Waals surface area contributed by atoms with Crippen LogP contribution >= 0.6 is 0 Å². The summed E-state index contributed by atoms with van der Waals surface area (Å²) in [6, 6.07) is 16.7. The number of benzene rings is 1. The van der Waals surface area contributed by atoms with Crippen molar-refractivity contribution in [3.63, 3.8) is 0 Å². The van der Waals surface area contributed by atoms with Crippen molar-refractivity contribution in [1.82, 2.24) is 20.2 Å². The Kier molecular flexibility index (Phi) is 6.19. The number of piperidine rings is 1. The largest absolute Gasteiger partial charge is 0.359 e. The quantitative estimate of drug-likeness (QED) is 0.685. The van der Waals surface area contributed by atoms with E-state index in [1.54, 1.807) is 13.2 Å². The SMILES string of the molecule is CNC(=O)[C@@]1(Cc2ccc(-c3ccncc3)cc2)CCCN(Cc2cccnc2)C1. The molecule has 2 aromatic heterocycles. The summed E-state index contributed by atoms with van der Waals surface area (Å²) in [5.74, 6) is 0.136. The van der Waals surface area contributed by atoms with Crippen LogP contribution in [-0.4, -0.2) is 40.9 Å². The van der Waals surface area contributed by atoms with E-state index in [9.17, 15) is 4.79 Å². The van der Waals surface area contributed by atoms with Crippen molar-refractivity contribution < 1.29 is 4.79 Å². The van der Waals surface area contributed by atoms with Crippen molar-refractivity contribution in [2.45, 2.75) is 25.8 Å². The van der Waals surface area contributed by atoms with Crippen LogP contribution in [0, 0.1) is 5.41 Å². The smallest absolute Gasteiger partial charge is 0.227 e. The summed E-state index contributed by atoms with van der Waals surface area (Å²) in [5.41, 5.74) is 4.29. The molecule has 1 atom stereocenters. The highest BCUT2D eigenvalue weighted by molar-refractivity contribution is 5.83. The third kappa shape index (κ3) is 4.57. The molecule has 30 heavy (non-hydrogen) atoms. The van der Waals surface area contributed by atoms with Crippen LogP contribution in [0.5, 0.6) is 0 Å². The number of hydrogen-bond donors (Lipinski definition) is 1. The first kappa shape index (κ1) is 20.2. The number of rotatable bonds is 6. The monoisotopic (exact) mass is 400 g/mol. The van der Waals surface area contributed by atoms with Gasteiger partial charge in [0.1, 0.15) is 0 Å². The molecule has 1 aliphatic rings. The van der Waals surface area contributed by atoms with Gasteiger partial charge < -0.3 is 5.32 Å². The minimum atomic E-state index is -0.409. The molecule has 4 rings (SSSR count). The molecule has 0 radical (unpaired) electrons. The summed E-state index contributed by atoms with van der Waals surface area (Å²) in [6.45, 7) is 2.59. The maximum absolute atomic E-state index is 13.0. The van der Waals surface area contributed by atoms with Crippen LogP contribution in [0.1, 0.15) is 24.0 Å². The van der Waals surface area contributed by atoms with Crippen molar-refractivity contribution >= 4 is 5.91 Å². The number of nitrogens with one attached hydrogen (secondary N) is 1. The molecule has 1 fully saturated rings. The maximum atomic E-state index is 13.0. The molecule has 5 nitrogen and oxygen atoms in total. The zero-order chi connectivity index (χ0) is 20.8. The Labute approximate surface area is 178 Å². The number of carbonyl (C=O) groups is 1. The normalized spacial score (nSPS) is 19.4. The van der Waals surface area contributed by atoms with Gasteiger partial charge >= 0.3 is 0 Å². The van der Waals surface area contributed by atoms with E-state index in [1.807, 2.05) is 36.8 Å². The number of nitrogens with zero attached hydrogens (tertiary/aromatic N) is 3. The second-order valence-corrected chi connectivity index (χ2v) is 8.14. The molecule has 0 aliphatic carbocycles. The fourth-order valence-electron chi connectivity index (χ4n) is 4.54. The van der Waals surface area contributed by atoms with E-state index in [4.69, 9.17) is 0 Å². The third-order valence-electron chi connectivity index (χ3n) is 6.00. The number of amides is 1. The van der Waals surface area contributed by atoms with Crippen molar-refractivity contribution in [2.75, 3.05) is 20.1 Å². The van der Waals surface area contributed by atoms with Gasteiger partial charge in [-0.1, -0.05) is 30.3 Å². The fourth-order valence-corrected chi connectivity index (χ4v) is 4.54. The summed E-state index contributed by atoms with van der Waals surface area (Å²) < 4.78 is 0. The first-order valence-electron chi connectivity index (χ1n) is 10.5. The second-order valence-electron chi connectivity index (χ2n) is 8.14. The highest BCUT2D eigenvalue weighted by Crippen LogP contribution is 2.35. The van der Waals surface area contributed by atoms with Gasteiger partial charge in [0, 0.05) is 44.9 Å². The van der Waals surface area contributed by atoms with Crippen molar-refractivity contribution in [3.05, 3.63) is 84.4 Å². The molecule has 1 N–H and O–H groups in total. The van der Waals surface area contributed by atoms with Gasteiger partial charge in [0.2, 0.25) is 5.91 Å². The zero-order valence-electron chi connectivity index (χ0n) is 17.4. The van der Waals surface area contributed by atoms with Crippen LogP contribution in [0.3, 0.4) is 0 Å². The van der Waals surface area contributed by atoms with Crippen molar-refractivity contribution in [3.8, 4) is 11.1 Å². The number of likely N-dealkylation sites (tertiary alicyclic amines) is 1. The number of aromatic nitrogens is 2. The van der Waals surface area contributed by atoms with Crippen LogP contribution < -0.4 is 5.32 Å². The Balaban J connectivity index is 1.52. The van der Waals surface area contributed by atoms with Crippen molar-refractivity contribution in [2.24, 2.45) is 5.41 Å². The number of carbonyl (C=O) groups excluding carboxylic acids is 1. The molecule has 0 bridgehead atoms. The molecule has 0 spiro atoms. The van der Waals surface area contributed by atoms with E-state index in [0.29, 0.717) is 0 Å². The maximum Gasteiger partial charge on any atom is 0.227 e. The number of pyridine rings is 2. The topological polar surface area (TPSA) is 58.1 Å². The summed E-state index contributed by atoms with van der Waals surface area (Å²) in [7, 11) is 1.75. The van der Waals surface area contributed by atoms with Gasteiger partial charge in [0.15, 0.2) is 0 Å². The third-order valence-corrected chi connectivity index (χ3v) is 6.00. The van der Waals surface area contributed by atoms with E-state index >= 15 is 0 Å². The molecule has 0 saturated carbocycles. The lowest BCUT2D eigenvalue weighted by Crippen LogP contribution is -2.52. The molecule has 3 aromatic rings. The van der Waals surface area contributed by atoms with Crippen LogP contribution in [0.15, 0.2) is 73.3 Å². The Bertz CT molecular complexity index is 959. The van der Waals surface area contributed by atoms with Crippen molar-refractivity contribution in [1.29, 1.82) is 0 Å².